The fourth-order valence-electron chi connectivity index (χ4n) is 3.89. The SMILES string of the molecule is CC(CCC1C(C)C=CC2=CCCCC21)CC(O)C(=O)O. The first-order valence-corrected chi connectivity index (χ1v) is 8.28. The average Bonchev–Trinajstić information content (AvgIpc) is 2.46. The summed E-state index contributed by atoms with van der Waals surface area (Å²) in [5.74, 6) is 1.11. The minimum atomic E-state index is -1.21. The Kier molecular flexibility index (Phi) is 5.63. The third kappa shape index (κ3) is 4.19. The zero-order chi connectivity index (χ0) is 15.4. The van der Waals surface area contributed by atoms with Crippen LogP contribution in [0, 0.1) is 23.7 Å². The topological polar surface area (TPSA) is 57.5 Å². The second-order valence-electron chi connectivity index (χ2n) is 6.90. The molecule has 0 saturated heterocycles. The fourth-order valence-corrected chi connectivity index (χ4v) is 3.89. The normalized spacial score (nSPS) is 31.2. The highest BCUT2D eigenvalue weighted by Gasteiger charge is 2.32. The Morgan fingerprint density at radius 1 is 1.48 bits per heavy atom. The quantitative estimate of drug-likeness (QED) is 0.783. The predicted molar refractivity (Wildman–Crippen MR) is 83.9 cm³/mol. The maximum Gasteiger partial charge on any atom is 0.332 e. The van der Waals surface area contributed by atoms with Crippen molar-refractivity contribution < 1.29 is 15.0 Å². The van der Waals surface area contributed by atoms with E-state index in [0.29, 0.717) is 24.2 Å². The molecule has 21 heavy (non-hydrogen) atoms. The summed E-state index contributed by atoms with van der Waals surface area (Å²) in [6, 6.07) is 0. The van der Waals surface area contributed by atoms with E-state index in [2.05, 4.69) is 25.2 Å². The van der Waals surface area contributed by atoms with Gasteiger partial charge in [0, 0.05) is 0 Å². The van der Waals surface area contributed by atoms with Crippen LogP contribution in [0.3, 0.4) is 0 Å². The number of aliphatic carboxylic acids is 1. The fraction of sp³-hybridized carbons (Fsp3) is 0.722. The van der Waals surface area contributed by atoms with E-state index in [0.717, 1.165) is 12.8 Å². The van der Waals surface area contributed by atoms with Crippen LogP contribution in [0.1, 0.15) is 52.4 Å². The van der Waals surface area contributed by atoms with Crippen molar-refractivity contribution in [2.75, 3.05) is 0 Å². The van der Waals surface area contributed by atoms with Crippen LogP contribution in [0.15, 0.2) is 23.8 Å². The van der Waals surface area contributed by atoms with Gasteiger partial charge in [0.15, 0.2) is 6.10 Å². The molecular formula is C18H28O3. The van der Waals surface area contributed by atoms with Crippen molar-refractivity contribution >= 4 is 5.97 Å². The van der Waals surface area contributed by atoms with E-state index in [9.17, 15) is 9.90 Å². The van der Waals surface area contributed by atoms with Gasteiger partial charge >= 0.3 is 5.97 Å². The minimum absolute atomic E-state index is 0.255. The molecule has 0 aromatic rings. The standard InChI is InChI=1S/C18H28O3/c1-12(11-17(19)18(20)21)7-10-15-13(2)8-9-14-5-3-4-6-16(14)15/h5,8-9,12-13,15-17,19H,3-4,6-7,10-11H2,1-2H3,(H,20,21). The lowest BCUT2D eigenvalue weighted by Gasteiger charge is -2.37. The first-order valence-electron chi connectivity index (χ1n) is 8.28. The average molecular weight is 292 g/mol. The van der Waals surface area contributed by atoms with Crippen LogP contribution >= 0.6 is 0 Å². The Morgan fingerprint density at radius 3 is 2.95 bits per heavy atom. The molecule has 0 saturated carbocycles. The van der Waals surface area contributed by atoms with Gasteiger partial charge in [-0.05, 0) is 61.3 Å². The van der Waals surface area contributed by atoms with Crippen molar-refractivity contribution in [2.45, 2.75) is 58.5 Å². The Hall–Kier alpha value is -1.09. The highest BCUT2D eigenvalue weighted by atomic mass is 16.4. The first-order chi connectivity index (χ1) is 9.99. The van der Waals surface area contributed by atoms with E-state index >= 15 is 0 Å². The van der Waals surface area contributed by atoms with Gasteiger partial charge in [0.25, 0.3) is 0 Å². The van der Waals surface area contributed by atoms with Crippen molar-refractivity contribution in [2.24, 2.45) is 23.7 Å². The van der Waals surface area contributed by atoms with Crippen LogP contribution in [0.25, 0.3) is 0 Å². The maximum atomic E-state index is 10.7. The van der Waals surface area contributed by atoms with Gasteiger partial charge in [0.1, 0.15) is 0 Å². The maximum absolute atomic E-state index is 10.7. The molecule has 5 atom stereocenters. The number of carbonyl (C=O) groups is 1. The lowest BCUT2D eigenvalue weighted by Crippen LogP contribution is -2.28. The van der Waals surface area contributed by atoms with E-state index in [1.165, 1.54) is 24.8 Å². The molecule has 5 unspecified atom stereocenters. The van der Waals surface area contributed by atoms with Gasteiger partial charge in [0.2, 0.25) is 0 Å². The Bertz CT molecular complexity index is 424. The minimum Gasteiger partial charge on any atom is -0.479 e. The van der Waals surface area contributed by atoms with Gasteiger partial charge in [-0.15, -0.1) is 0 Å². The van der Waals surface area contributed by atoms with Crippen molar-refractivity contribution in [3.05, 3.63) is 23.8 Å². The third-order valence-corrected chi connectivity index (χ3v) is 5.22. The molecule has 2 aliphatic carbocycles. The predicted octanol–water partition coefficient (Wildman–Crippen LogP) is 3.79. The van der Waals surface area contributed by atoms with Crippen LogP contribution in [0.5, 0.6) is 0 Å². The number of allylic oxidation sites excluding steroid dienone is 4. The number of carboxylic acids is 1. The van der Waals surface area contributed by atoms with E-state index < -0.39 is 12.1 Å². The zero-order valence-corrected chi connectivity index (χ0v) is 13.2. The Balaban J connectivity index is 1.89. The Morgan fingerprint density at radius 2 is 2.24 bits per heavy atom. The summed E-state index contributed by atoms with van der Waals surface area (Å²) in [5, 5.41) is 18.2. The summed E-state index contributed by atoms with van der Waals surface area (Å²) >= 11 is 0. The van der Waals surface area contributed by atoms with E-state index in [1.54, 1.807) is 0 Å². The van der Waals surface area contributed by atoms with Crippen LogP contribution in [-0.4, -0.2) is 22.3 Å². The molecule has 0 amide bonds. The summed E-state index contributed by atoms with van der Waals surface area (Å²) in [6.45, 7) is 4.34. The number of rotatable bonds is 6. The third-order valence-electron chi connectivity index (χ3n) is 5.22. The molecule has 3 heteroatoms. The summed E-state index contributed by atoms with van der Waals surface area (Å²) in [4.78, 5) is 10.7. The lowest BCUT2D eigenvalue weighted by molar-refractivity contribution is -0.147. The molecule has 0 aromatic heterocycles. The number of hydrogen-bond acceptors (Lipinski definition) is 2. The van der Waals surface area contributed by atoms with Crippen molar-refractivity contribution in [1.82, 2.24) is 0 Å². The summed E-state index contributed by atoms with van der Waals surface area (Å²) in [7, 11) is 0. The molecule has 0 heterocycles. The highest BCUT2D eigenvalue weighted by Crippen LogP contribution is 2.42. The molecule has 2 aliphatic rings. The molecule has 0 spiro atoms. The Labute approximate surface area is 127 Å². The molecule has 0 aromatic carbocycles. The second kappa shape index (κ2) is 7.26. The smallest absolute Gasteiger partial charge is 0.332 e. The molecule has 0 bridgehead atoms. The van der Waals surface area contributed by atoms with Crippen LogP contribution < -0.4 is 0 Å². The summed E-state index contributed by atoms with van der Waals surface area (Å²) in [5.41, 5.74) is 1.52. The van der Waals surface area contributed by atoms with Crippen molar-refractivity contribution in [3.63, 3.8) is 0 Å². The summed E-state index contributed by atoms with van der Waals surface area (Å²) < 4.78 is 0. The lowest BCUT2D eigenvalue weighted by atomic mass is 9.67. The van der Waals surface area contributed by atoms with Gasteiger partial charge in [-0.3, -0.25) is 0 Å². The van der Waals surface area contributed by atoms with Gasteiger partial charge in [-0.2, -0.15) is 0 Å². The molecule has 2 N–H and O–H groups in total. The number of hydrogen-bond donors (Lipinski definition) is 2. The van der Waals surface area contributed by atoms with Crippen molar-refractivity contribution in [3.8, 4) is 0 Å². The van der Waals surface area contributed by atoms with Gasteiger partial charge in [0.05, 0.1) is 0 Å². The monoisotopic (exact) mass is 292 g/mol. The molecule has 3 nitrogen and oxygen atoms in total. The number of fused-ring (bicyclic) bond motifs is 1. The van der Waals surface area contributed by atoms with E-state index in [1.807, 2.05) is 6.92 Å². The molecule has 0 aliphatic heterocycles. The van der Waals surface area contributed by atoms with Crippen LogP contribution in [0.2, 0.25) is 0 Å². The molecule has 2 rings (SSSR count). The largest absolute Gasteiger partial charge is 0.479 e. The van der Waals surface area contributed by atoms with Gasteiger partial charge < -0.3 is 10.2 Å². The van der Waals surface area contributed by atoms with E-state index in [-0.39, 0.29) is 5.92 Å². The van der Waals surface area contributed by atoms with Crippen molar-refractivity contribution in [1.29, 1.82) is 0 Å². The van der Waals surface area contributed by atoms with E-state index in [4.69, 9.17) is 5.11 Å². The summed E-state index contributed by atoms with van der Waals surface area (Å²) in [6.07, 6.45) is 12.1. The second-order valence-corrected chi connectivity index (χ2v) is 6.90. The molecule has 118 valence electrons. The number of aliphatic hydroxyl groups excluding tert-OH is 1. The number of carboxylic acid groups (broad SMARTS) is 1. The zero-order valence-electron chi connectivity index (χ0n) is 13.2. The molecule has 0 fully saturated rings. The number of aliphatic hydroxyl groups is 1. The van der Waals surface area contributed by atoms with Gasteiger partial charge in [-0.25, -0.2) is 4.79 Å². The molecular weight excluding hydrogens is 264 g/mol. The highest BCUT2D eigenvalue weighted by molar-refractivity contribution is 5.71. The van der Waals surface area contributed by atoms with Crippen LogP contribution in [0.4, 0.5) is 0 Å². The van der Waals surface area contributed by atoms with Crippen LogP contribution in [-0.2, 0) is 4.79 Å². The first kappa shape index (κ1) is 16.3. The van der Waals surface area contributed by atoms with Gasteiger partial charge in [-0.1, -0.05) is 38.5 Å². The molecule has 0 radical (unpaired) electrons.